The maximum absolute atomic E-state index is 12.0. The molecule has 2 aromatic carbocycles. The molecule has 5 heteroatoms. The number of hydrazone groups is 1. The van der Waals surface area contributed by atoms with E-state index in [2.05, 4.69) is 10.5 Å². The van der Waals surface area contributed by atoms with Crippen LogP contribution in [0, 0.1) is 0 Å². The van der Waals surface area contributed by atoms with Crippen molar-refractivity contribution in [3.8, 4) is 0 Å². The lowest BCUT2D eigenvalue weighted by Crippen LogP contribution is -2.19. The number of carbonyl (C=O) groups is 1. The van der Waals surface area contributed by atoms with Crippen molar-refractivity contribution in [3.05, 3.63) is 69.7 Å². The van der Waals surface area contributed by atoms with Gasteiger partial charge in [0.1, 0.15) is 0 Å². The van der Waals surface area contributed by atoms with Gasteiger partial charge in [0.15, 0.2) is 0 Å². The van der Waals surface area contributed by atoms with Crippen LogP contribution in [0.1, 0.15) is 22.8 Å². The minimum absolute atomic E-state index is 0.295. The molecule has 0 aliphatic heterocycles. The maximum atomic E-state index is 12.0. The molecule has 0 aliphatic carbocycles. The molecule has 0 heterocycles. The molecule has 0 saturated heterocycles. The number of hydrogen-bond acceptors (Lipinski definition) is 2. The Kier molecular flexibility index (Phi) is 4.77. The van der Waals surface area contributed by atoms with Gasteiger partial charge >= 0.3 is 0 Å². The highest BCUT2D eigenvalue weighted by Crippen LogP contribution is 2.20. The number of rotatable bonds is 3. The molecule has 0 aliphatic rings. The van der Waals surface area contributed by atoms with Crippen LogP contribution in [0.15, 0.2) is 53.6 Å². The highest BCUT2D eigenvalue weighted by Gasteiger charge is 2.10. The fourth-order valence-electron chi connectivity index (χ4n) is 1.61. The first-order chi connectivity index (χ1) is 9.58. The Morgan fingerprint density at radius 2 is 1.80 bits per heavy atom. The van der Waals surface area contributed by atoms with Crippen molar-refractivity contribution in [2.24, 2.45) is 5.10 Å². The standard InChI is InChI=1S/C15H12Cl2N2O/c1-10(11-5-3-2-4-6-11)18-19-15(20)13-9-12(16)7-8-14(13)17/h2-9H,1H3,(H,19,20)/b18-10+. The molecular formula is C15H12Cl2N2O. The molecule has 0 fully saturated rings. The molecular weight excluding hydrogens is 295 g/mol. The topological polar surface area (TPSA) is 41.5 Å². The van der Waals surface area contributed by atoms with E-state index in [0.717, 1.165) is 5.56 Å². The molecule has 0 spiro atoms. The summed E-state index contributed by atoms with van der Waals surface area (Å²) in [4.78, 5) is 12.0. The molecule has 3 nitrogen and oxygen atoms in total. The fraction of sp³-hybridized carbons (Fsp3) is 0.0667. The predicted molar refractivity (Wildman–Crippen MR) is 82.6 cm³/mol. The fourth-order valence-corrected chi connectivity index (χ4v) is 1.99. The molecule has 20 heavy (non-hydrogen) atoms. The van der Waals surface area contributed by atoms with Crippen LogP contribution in [0.5, 0.6) is 0 Å². The lowest BCUT2D eigenvalue weighted by atomic mass is 10.1. The molecule has 0 unspecified atom stereocenters. The van der Waals surface area contributed by atoms with Gasteiger partial charge in [-0.1, -0.05) is 53.5 Å². The lowest BCUT2D eigenvalue weighted by Gasteiger charge is -2.05. The molecule has 2 rings (SSSR count). The summed E-state index contributed by atoms with van der Waals surface area (Å²) in [7, 11) is 0. The molecule has 1 N–H and O–H groups in total. The molecule has 0 radical (unpaired) electrons. The molecule has 0 atom stereocenters. The summed E-state index contributed by atoms with van der Waals surface area (Å²) < 4.78 is 0. The van der Waals surface area contributed by atoms with E-state index >= 15 is 0 Å². The Morgan fingerprint density at radius 1 is 1.10 bits per heavy atom. The Balaban J connectivity index is 2.14. The SMILES string of the molecule is C/C(=N\NC(=O)c1cc(Cl)ccc1Cl)c1ccccc1. The van der Waals surface area contributed by atoms with E-state index in [-0.39, 0.29) is 0 Å². The van der Waals surface area contributed by atoms with Crippen molar-refractivity contribution >= 4 is 34.8 Å². The monoisotopic (exact) mass is 306 g/mol. The van der Waals surface area contributed by atoms with Crippen LogP contribution < -0.4 is 5.43 Å². The van der Waals surface area contributed by atoms with Gasteiger partial charge in [0.2, 0.25) is 0 Å². The Bertz CT molecular complexity index is 654. The Morgan fingerprint density at radius 3 is 2.50 bits per heavy atom. The second-order valence-electron chi connectivity index (χ2n) is 4.13. The summed E-state index contributed by atoms with van der Waals surface area (Å²) in [5.41, 5.74) is 4.41. The summed E-state index contributed by atoms with van der Waals surface area (Å²) in [5.74, 6) is -0.396. The number of hydrogen-bond donors (Lipinski definition) is 1. The minimum atomic E-state index is -0.396. The number of nitrogens with zero attached hydrogens (tertiary/aromatic N) is 1. The number of nitrogens with one attached hydrogen (secondary N) is 1. The third kappa shape index (κ3) is 3.59. The van der Waals surface area contributed by atoms with E-state index in [1.807, 2.05) is 37.3 Å². The third-order valence-electron chi connectivity index (χ3n) is 2.69. The summed E-state index contributed by atoms with van der Waals surface area (Å²) in [5, 5.41) is 4.84. The smallest absolute Gasteiger partial charge is 0.267 e. The summed E-state index contributed by atoms with van der Waals surface area (Å²) in [6, 6.07) is 14.3. The van der Waals surface area contributed by atoms with Gasteiger partial charge in [-0.2, -0.15) is 5.10 Å². The molecule has 102 valence electrons. The average Bonchev–Trinajstić information content (AvgIpc) is 2.47. The van der Waals surface area contributed by atoms with E-state index in [0.29, 0.717) is 21.3 Å². The second-order valence-corrected chi connectivity index (χ2v) is 4.97. The van der Waals surface area contributed by atoms with Crippen LogP contribution in [0.4, 0.5) is 0 Å². The van der Waals surface area contributed by atoms with Gasteiger partial charge in [0.25, 0.3) is 5.91 Å². The number of amides is 1. The van der Waals surface area contributed by atoms with Crippen molar-refractivity contribution in [3.63, 3.8) is 0 Å². The minimum Gasteiger partial charge on any atom is -0.267 e. The zero-order valence-electron chi connectivity index (χ0n) is 10.7. The third-order valence-corrected chi connectivity index (χ3v) is 3.25. The van der Waals surface area contributed by atoms with Crippen LogP contribution in [0.25, 0.3) is 0 Å². The lowest BCUT2D eigenvalue weighted by molar-refractivity contribution is 0.0955. The van der Waals surface area contributed by atoms with Crippen molar-refractivity contribution in [2.45, 2.75) is 6.92 Å². The number of benzene rings is 2. The van der Waals surface area contributed by atoms with Gasteiger partial charge in [-0.25, -0.2) is 5.43 Å². The highest BCUT2D eigenvalue weighted by molar-refractivity contribution is 6.35. The molecule has 0 saturated carbocycles. The van der Waals surface area contributed by atoms with Crippen LogP contribution >= 0.6 is 23.2 Å². The van der Waals surface area contributed by atoms with E-state index in [4.69, 9.17) is 23.2 Å². The van der Waals surface area contributed by atoms with Crippen molar-refractivity contribution in [1.82, 2.24) is 5.43 Å². The van der Waals surface area contributed by atoms with E-state index in [1.165, 1.54) is 6.07 Å². The zero-order chi connectivity index (χ0) is 14.5. The summed E-state index contributed by atoms with van der Waals surface area (Å²) in [6.07, 6.45) is 0. The molecule has 2 aromatic rings. The van der Waals surface area contributed by atoms with E-state index in [1.54, 1.807) is 12.1 Å². The zero-order valence-corrected chi connectivity index (χ0v) is 12.2. The Hall–Kier alpha value is -1.84. The van der Waals surface area contributed by atoms with Crippen LogP contribution in [-0.2, 0) is 0 Å². The van der Waals surface area contributed by atoms with E-state index < -0.39 is 5.91 Å². The first-order valence-electron chi connectivity index (χ1n) is 5.93. The first kappa shape index (κ1) is 14.6. The van der Waals surface area contributed by atoms with Crippen LogP contribution in [0.3, 0.4) is 0 Å². The summed E-state index contributed by atoms with van der Waals surface area (Å²) in [6.45, 7) is 1.81. The predicted octanol–water partition coefficient (Wildman–Crippen LogP) is 4.15. The van der Waals surface area contributed by atoms with Crippen molar-refractivity contribution in [2.75, 3.05) is 0 Å². The normalized spacial score (nSPS) is 11.2. The van der Waals surface area contributed by atoms with Crippen molar-refractivity contribution < 1.29 is 4.79 Å². The Labute approximate surface area is 127 Å². The van der Waals surface area contributed by atoms with Gasteiger partial charge < -0.3 is 0 Å². The molecule has 0 aromatic heterocycles. The van der Waals surface area contributed by atoms with E-state index in [9.17, 15) is 4.79 Å². The van der Waals surface area contributed by atoms with Crippen LogP contribution in [0.2, 0.25) is 10.0 Å². The highest BCUT2D eigenvalue weighted by atomic mass is 35.5. The first-order valence-corrected chi connectivity index (χ1v) is 6.68. The maximum Gasteiger partial charge on any atom is 0.272 e. The van der Waals surface area contributed by atoms with Crippen LogP contribution in [-0.4, -0.2) is 11.6 Å². The largest absolute Gasteiger partial charge is 0.272 e. The molecule has 1 amide bonds. The number of halogens is 2. The van der Waals surface area contributed by atoms with Gasteiger partial charge in [0.05, 0.1) is 16.3 Å². The number of carbonyl (C=O) groups excluding carboxylic acids is 1. The van der Waals surface area contributed by atoms with Gasteiger partial charge in [0, 0.05) is 5.02 Å². The van der Waals surface area contributed by atoms with Gasteiger partial charge in [-0.05, 0) is 30.7 Å². The van der Waals surface area contributed by atoms with Crippen molar-refractivity contribution in [1.29, 1.82) is 0 Å². The second kappa shape index (κ2) is 6.55. The van der Waals surface area contributed by atoms with Gasteiger partial charge in [-0.15, -0.1) is 0 Å². The molecule has 0 bridgehead atoms. The van der Waals surface area contributed by atoms with Gasteiger partial charge in [-0.3, -0.25) is 4.79 Å². The average molecular weight is 307 g/mol. The summed E-state index contributed by atoms with van der Waals surface area (Å²) >= 11 is 11.8. The quantitative estimate of drug-likeness (QED) is 0.672.